The van der Waals surface area contributed by atoms with E-state index >= 15 is 0 Å². The molecule has 4 atom stereocenters. The van der Waals surface area contributed by atoms with E-state index in [2.05, 4.69) is 27.5 Å². The van der Waals surface area contributed by atoms with Gasteiger partial charge in [0.2, 0.25) is 23.6 Å². The summed E-state index contributed by atoms with van der Waals surface area (Å²) in [4.78, 5) is 81.6. The van der Waals surface area contributed by atoms with Crippen molar-refractivity contribution in [2.45, 2.75) is 89.4 Å². The molecule has 16 nitrogen and oxygen atoms in total. The van der Waals surface area contributed by atoms with Crippen molar-refractivity contribution in [1.29, 1.82) is 0 Å². The molecule has 17 heteroatoms. The number of ether oxygens (including phenoxy) is 3. The Kier molecular flexibility index (Phi) is 14.3. The molecule has 1 aliphatic carbocycles. The number of imide groups is 1. The van der Waals surface area contributed by atoms with Gasteiger partial charge in [0, 0.05) is 75.0 Å². The molecule has 2 aliphatic heterocycles. The van der Waals surface area contributed by atoms with Crippen molar-refractivity contribution < 1.29 is 42.6 Å². The molecule has 1 unspecified atom stereocenters. The summed E-state index contributed by atoms with van der Waals surface area (Å²) in [5, 5.41) is 6.12. The summed E-state index contributed by atoms with van der Waals surface area (Å²) in [6, 6.07) is 7.64. The second-order valence-corrected chi connectivity index (χ2v) is 16.9. The van der Waals surface area contributed by atoms with E-state index in [1.54, 1.807) is 34.8 Å². The van der Waals surface area contributed by atoms with Crippen LogP contribution in [0.3, 0.4) is 0 Å². The highest BCUT2D eigenvalue weighted by atomic mass is 19.1. The number of fused-ring (bicyclic) bond motifs is 2. The summed E-state index contributed by atoms with van der Waals surface area (Å²) in [7, 11) is 4.94. The molecule has 3 aliphatic rings. The number of methoxy groups -OCH3 is 1. The largest absolute Gasteiger partial charge is 0.496 e. The molecule has 1 saturated carbocycles. The number of nitrogens with one attached hydrogen (secondary N) is 2. The number of aryl methyl sites for hydroxylation is 2. The number of hydrogen-bond donors (Lipinski definition) is 3. The highest BCUT2D eigenvalue weighted by molar-refractivity contribution is 6.03. The molecule has 2 saturated heterocycles. The maximum atomic E-state index is 14.4. The zero-order valence-electron chi connectivity index (χ0n) is 36.7. The maximum Gasteiger partial charge on any atom is 0.329 e. The molecule has 0 radical (unpaired) electrons. The van der Waals surface area contributed by atoms with E-state index in [-0.39, 0.29) is 66.0 Å². The Morgan fingerprint density at radius 3 is 2.52 bits per heavy atom. The highest BCUT2D eigenvalue weighted by Gasteiger charge is 2.42. The van der Waals surface area contributed by atoms with Crippen LogP contribution < -0.4 is 31.5 Å². The number of imidazole rings is 1. The molecular weight excluding hydrogens is 826 g/mol. The number of nitrogens with two attached hydrogens (primary N) is 1. The summed E-state index contributed by atoms with van der Waals surface area (Å²) in [5.74, 6) is 4.49. The molecule has 0 spiro atoms. The maximum absolute atomic E-state index is 14.4. The molecule has 64 heavy (non-hydrogen) atoms. The van der Waals surface area contributed by atoms with Crippen LogP contribution in [0.2, 0.25) is 0 Å². The number of alkyl halides is 1. The van der Waals surface area contributed by atoms with Gasteiger partial charge in [0.1, 0.15) is 18.4 Å². The van der Waals surface area contributed by atoms with E-state index in [1.807, 2.05) is 32.2 Å². The average Bonchev–Trinajstić information content (AvgIpc) is 3.72. The number of aromatic nitrogens is 3. The van der Waals surface area contributed by atoms with Crippen molar-refractivity contribution in [3.8, 4) is 23.5 Å². The number of carbonyl (C=O) groups excluding carboxylic acids is 5. The van der Waals surface area contributed by atoms with Gasteiger partial charge >= 0.3 is 5.69 Å². The number of carbonyl (C=O) groups is 5. The van der Waals surface area contributed by atoms with Crippen LogP contribution in [0.15, 0.2) is 41.3 Å². The molecule has 3 fully saturated rings. The summed E-state index contributed by atoms with van der Waals surface area (Å²) in [6.45, 7) is 3.39. The van der Waals surface area contributed by atoms with E-state index in [1.165, 1.54) is 11.7 Å². The Labute approximate surface area is 370 Å². The van der Waals surface area contributed by atoms with Gasteiger partial charge in [0.15, 0.2) is 6.17 Å². The number of benzene rings is 2. The average molecular weight is 882 g/mol. The van der Waals surface area contributed by atoms with Crippen molar-refractivity contribution in [1.82, 2.24) is 29.7 Å². The molecule has 2 aromatic heterocycles. The summed E-state index contributed by atoms with van der Waals surface area (Å²) in [5.41, 5.74) is 8.53. The van der Waals surface area contributed by atoms with Gasteiger partial charge in [-0.05, 0) is 81.5 Å². The van der Waals surface area contributed by atoms with E-state index in [4.69, 9.17) is 19.9 Å². The topological polar surface area (TPSA) is 206 Å². The van der Waals surface area contributed by atoms with Crippen LogP contribution in [-0.4, -0.2) is 101 Å². The Hall–Kier alpha value is -6.28. The number of primary amides is 1. The lowest BCUT2D eigenvalue weighted by molar-refractivity contribution is -0.136. The first-order chi connectivity index (χ1) is 30.8. The third-order valence-electron chi connectivity index (χ3n) is 12.9. The minimum Gasteiger partial charge on any atom is -0.496 e. The zero-order valence-corrected chi connectivity index (χ0v) is 36.7. The van der Waals surface area contributed by atoms with Crippen LogP contribution in [0, 0.1) is 29.6 Å². The third kappa shape index (κ3) is 9.62. The van der Waals surface area contributed by atoms with Gasteiger partial charge in [0.05, 0.1) is 35.3 Å². The normalized spacial score (nSPS) is 22.2. The molecule has 2 aromatic carbocycles. The monoisotopic (exact) mass is 881 g/mol. The lowest BCUT2D eigenvalue weighted by atomic mass is 9.81. The van der Waals surface area contributed by atoms with Gasteiger partial charge < -0.3 is 30.2 Å². The molecule has 4 aromatic rings. The Balaban J connectivity index is 0.882. The van der Waals surface area contributed by atoms with E-state index in [0.717, 1.165) is 30.3 Å². The minimum atomic E-state index is -1.60. The fourth-order valence-corrected chi connectivity index (χ4v) is 9.32. The molecule has 0 bridgehead atoms. The van der Waals surface area contributed by atoms with Crippen molar-refractivity contribution >= 4 is 51.3 Å². The number of para-hydroxylation sites is 1. The van der Waals surface area contributed by atoms with Crippen molar-refractivity contribution in [2.24, 2.45) is 30.5 Å². The first-order valence-corrected chi connectivity index (χ1v) is 22.1. The Morgan fingerprint density at radius 1 is 1.03 bits per heavy atom. The number of rotatable bonds is 16. The van der Waals surface area contributed by atoms with Gasteiger partial charge in [-0.15, -0.1) is 0 Å². The fourth-order valence-electron chi connectivity index (χ4n) is 9.32. The summed E-state index contributed by atoms with van der Waals surface area (Å²) >= 11 is 0. The highest BCUT2D eigenvalue weighted by Crippen LogP contribution is 2.35. The fraction of sp³-hybridized carbons (Fsp3) is 0.511. The summed E-state index contributed by atoms with van der Waals surface area (Å²) < 4.78 is 34.9. The number of piperidine rings is 1. The second kappa shape index (κ2) is 20.0. The number of hydrogen-bond acceptors (Lipinski definition) is 10. The van der Waals surface area contributed by atoms with Gasteiger partial charge in [-0.25, -0.2) is 14.2 Å². The van der Waals surface area contributed by atoms with Crippen LogP contribution in [0.5, 0.6) is 11.6 Å². The number of pyridine rings is 1. The molecule has 340 valence electrons. The first-order valence-electron chi connectivity index (χ1n) is 22.1. The van der Waals surface area contributed by atoms with Gasteiger partial charge in [-0.2, -0.15) is 0 Å². The first kappa shape index (κ1) is 45.7. The van der Waals surface area contributed by atoms with E-state index < -0.39 is 41.9 Å². The van der Waals surface area contributed by atoms with Crippen LogP contribution in [0.1, 0.15) is 92.2 Å². The van der Waals surface area contributed by atoms with E-state index in [9.17, 15) is 33.2 Å². The predicted octanol–water partition coefficient (Wildman–Crippen LogP) is 3.87. The number of halogens is 1. The Bertz CT molecular complexity index is 2570. The van der Waals surface area contributed by atoms with Gasteiger partial charge in [-0.1, -0.05) is 30.9 Å². The quantitative estimate of drug-likeness (QED) is 0.0842. The van der Waals surface area contributed by atoms with Gasteiger partial charge in [0.25, 0.3) is 11.8 Å². The van der Waals surface area contributed by atoms with Gasteiger partial charge in [-0.3, -0.25) is 38.4 Å². The van der Waals surface area contributed by atoms with Crippen molar-refractivity contribution in [3.05, 3.63) is 63.7 Å². The second-order valence-electron chi connectivity index (χ2n) is 16.9. The van der Waals surface area contributed by atoms with Crippen molar-refractivity contribution in [3.63, 3.8) is 0 Å². The van der Waals surface area contributed by atoms with Crippen molar-refractivity contribution in [2.75, 3.05) is 40.5 Å². The lowest BCUT2D eigenvalue weighted by Gasteiger charge is -2.28. The summed E-state index contributed by atoms with van der Waals surface area (Å²) in [6.07, 6.45) is 5.87. The van der Waals surface area contributed by atoms with E-state index in [0.29, 0.717) is 73.7 Å². The third-order valence-corrected chi connectivity index (χ3v) is 12.9. The van der Waals surface area contributed by atoms with Crippen LogP contribution in [0.4, 0.5) is 4.39 Å². The predicted molar refractivity (Wildman–Crippen MR) is 235 cm³/mol. The SMILES string of the molecule is CC[C@@H]1[C@H](F)C(=O)N[C@@H]1COc1ncc(C#CC2CCC(C(=O)N(C)CCCOCCCc3cccc4c3n(C)c(=O)n4C3CCC(=O)NC3=O)CC2)c2cc(C(N)=O)c(OC)cc12. The smallest absolute Gasteiger partial charge is 0.329 e. The zero-order chi connectivity index (χ0) is 45.7. The molecule has 5 amide bonds. The molecular formula is C47H56FN7O9. The number of amides is 5. The Morgan fingerprint density at radius 2 is 1.80 bits per heavy atom. The molecule has 7 rings (SSSR count). The lowest BCUT2D eigenvalue weighted by Crippen LogP contribution is -2.44. The van der Waals surface area contributed by atoms with Crippen LogP contribution >= 0.6 is 0 Å². The van der Waals surface area contributed by atoms with Crippen LogP contribution in [0.25, 0.3) is 21.8 Å². The number of nitrogens with zero attached hydrogens (tertiary/aromatic N) is 4. The molecule has 4 N–H and O–H groups in total. The standard InChI is InChI=1S/C47H56FN7O9/c1-5-31-35(51-44(59)40(31)48)26-64-45-33-24-38(62-4)34(42(49)57)23-32(33)30(25-50-45)17-14-27-12-15-29(16-13-27)46(60)53(2)20-8-22-63-21-7-10-28-9-6-11-36-41(28)54(3)47(61)55(36)37-18-19-39(56)52-43(37)58/h6,9,11,23-25,27,29,31,35,37,40H,5,7-8,10,12-13,15-16,18-22,26H2,1-4H3,(H2,49,57)(H,51,59)(H,52,56,58)/t27?,29?,31-,35+,37?,40-/m0/s1. The minimum absolute atomic E-state index is 0.00135. The van der Waals surface area contributed by atoms with Crippen LogP contribution in [-0.2, 0) is 37.4 Å². The molecule has 4 heterocycles.